The van der Waals surface area contributed by atoms with E-state index in [2.05, 4.69) is 32.4 Å². The van der Waals surface area contributed by atoms with E-state index in [0.717, 1.165) is 44.0 Å². The minimum absolute atomic E-state index is 0.145. The van der Waals surface area contributed by atoms with Gasteiger partial charge in [0.2, 0.25) is 0 Å². The molecule has 170 valence electrons. The Morgan fingerprint density at radius 1 is 1.07 bits per heavy atom. The standard InChI is InChI=1S/C25H40O3S2/c1-16(26)19-6-7-20-18-13-23(28-15-30-5)22-12-17(27-14-29-4)8-10-25(22,3)21(18)9-11-24(19,20)2/h9,17-20,22-23H,6-8,10-15H2,1-5H3/t17?,18-,19+,20-,22?,23?,24+,25+/m0/s1. The van der Waals surface area contributed by atoms with Crippen LogP contribution >= 0.6 is 23.5 Å². The maximum absolute atomic E-state index is 12.4. The molecule has 3 fully saturated rings. The highest BCUT2D eigenvalue weighted by atomic mass is 32.2. The summed E-state index contributed by atoms with van der Waals surface area (Å²) in [6.07, 6.45) is 15.5. The van der Waals surface area contributed by atoms with E-state index in [1.165, 1.54) is 12.8 Å². The van der Waals surface area contributed by atoms with Gasteiger partial charge in [-0.05, 0) is 93.0 Å². The first-order chi connectivity index (χ1) is 14.3. The van der Waals surface area contributed by atoms with Gasteiger partial charge in [-0.1, -0.05) is 25.5 Å². The van der Waals surface area contributed by atoms with Crippen molar-refractivity contribution in [1.82, 2.24) is 0 Å². The fraction of sp³-hybridized carbons (Fsp3) is 0.880. The fourth-order valence-corrected chi connectivity index (χ4v) is 8.47. The van der Waals surface area contributed by atoms with Crippen molar-refractivity contribution in [2.45, 2.75) is 77.9 Å². The van der Waals surface area contributed by atoms with E-state index in [0.29, 0.717) is 35.7 Å². The summed E-state index contributed by atoms with van der Waals surface area (Å²) in [5.41, 5.74) is 2.08. The van der Waals surface area contributed by atoms with E-state index < -0.39 is 0 Å². The number of ether oxygens (including phenoxy) is 2. The maximum Gasteiger partial charge on any atom is 0.133 e. The van der Waals surface area contributed by atoms with Crippen LogP contribution < -0.4 is 0 Å². The number of Topliss-reactive ketones (excluding diaryl/α,β-unsaturated/α-hetero) is 1. The van der Waals surface area contributed by atoms with Gasteiger partial charge in [-0.2, -0.15) is 0 Å². The van der Waals surface area contributed by atoms with E-state index in [1.54, 1.807) is 29.1 Å². The molecule has 0 heterocycles. The van der Waals surface area contributed by atoms with Crippen LogP contribution in [0.25, 0.3) is 0 Å². The Morgan fingerprint density at radius 2 is 1.80 bits per heavy atom. The summed E-state index contributed by atoms with van der Waals surface area (Å²) in [6.45, 7) is 6.75. The molecule has 5 heteroatoms. The van der Waals surface area contributed by atoms with E-state index in [9.17, 15) is 4.79 Å². The number of thioether (sulfide) groups is 2. The highest BCUT2D eigenvalue weighted by Crippen LogP contribution is 2.66. The van der Waals surface area contributed by atoms with Crippen LogP contribution in [0, 0.1) is 34.5 Å². The zero-order chi connectivity index (χ0) is 21.5. The van der Waals surface area contributed by atoms with Gasteiger partial charge < -0.3 is 9.47 Å². The minimum Gasteiger partial charge on any atom is -0.368 e. The third kappa shape index (κ3) is 3.84. The van der Waals surface area contributed by atoms with Gasteiger partial charge >= 0.3 is 0 Å². The Labute approximate surface area is 191 Å². The molecule has 4 aliphatic carbocycles. The van der Waals surface area contributed by atoms with Gasteiger partial charge in [0, 0.05) is 5.92 Å². The lowest BCUT2D eigenvalue weighted by Gasteiger charge is -2.59. The van der Waals surface area contributed by atoms with Gasteiger partial charge in [0.25, 0.3) is 0 Å². The van der Waals surface area contributed by atoms with Crippen molar-refractivity contribution in [1.29, 1.82) is 0 Å². The largest absolute Gasteiger partial charge is 0.368 e. The first-order valence-electron chi connectivity index (χ1n) is 11.8. The number of carbonyl (C=O) groups is 1. The molecular formula is C25H40O3S2. The number of hydrogen-bond donors (Lipinski definition) is 0. The van der Waals surface area contributed by atoms with E-state index >= 15 is 0 Å². The molecule has 8 atom stereocenters. The predicted octanol–water partition coefficient (Wildman–Crippen LogP) is 6.18. The third-order valence-electron chi connectivity index (χ3n) is 9.28. The van der Waals surface area contributed by atoms with Gasteiger partial charge in [0.05, 0.1) is 24.1 Å². The average Bonchev–Trinajstić information content (AvgIpc) is 3.08. The number of carbonyl (C=O) groups excluding carboxylic acids is 1. The second-order valence-electron chi connectivity index (χ2n) is 10.7. The first kappa shape index (κ1) is 23.2. The predicted molar refractivity (Wildman–Crippen MR) is 128 cm³/mol. The highest BCUT2D eigenvalue weighted by molar-refractivity contribution is 7.98. The average molecular weight is 453 g/mol. The van der Waals surface area contributed by atoms with Crippen LogP contribution in [0.15, 0.2) is 11.6 Å². The Balaban J connectivity index is 1.64. The van der Waals surface area contributed by atoms with Crippen molar-refractivity contribution in [3.63, 3.8) is 0 Å². The van der Waals surface area contributed by atoms with Crippen LogP contribution in [-0.2, 0) is 14.3 Å². The SMILES string of the molecule is CSCOC1CC[C@]2(C)C3=CC[C@]4(C)[C@@H](C(C)=O)CC[C@H]4[C@@H]3CC(OCSC)C2C1. The van der Waals surface area contributed by atoms with Gasteiger partial charge in [-0.25, -0.2) is 0 Å². The first-order valence-corrected chi connectivity index (χ1v) is 14.6. The van der Waals surface area contributed by atoms with Crippen molar-refractivity contribution in [2.24, 2.45) is 34.5 Å². The molecule has 30 heavy (non-hydrogen) atoms. The summed E-state index contributed by atoms with van der Waals surface area (Å²) in [5.74, 6) is 3.98. The van der Waals surface area contributed by atoms with Gasteiger partial charge in [0.15, 0.2) is 0 Å². The summed E-state index contributed by atoms with van der Waals surface area (Å²) in [5, 5.41) is 0. The van der Waals surface area contributed by atoms with Crippen LogP contribution in [0.1, 0.15) is 65.7 Å². The summed E-state index contributed by atoms with van der Waals surface area (Å²) in [7, 11) is 0. The van der Waals surface area contributed by atoms with Crippen molar-refractivity contribution in [2.75, 3.05) is 24.4 Å². The number of rotatable bonds is 7. The molecule has 0 aromatic carbocycles. The van der Waals surface area contributed by atoms with Crippen LogP contribution in [0.4, 0.5) is 0 Å². The molecule has 0 spiro atoms. The highest BCUT2D eigenvalue weighted by Gasteiger charge is 2.60. The number of allylic oxidation sites excluding steroid dienone is 2. The van der Waals surface area contributed by atoms with Crippen LogP contribution in [0.2, 0.25) is 0 Å². The zero-order valence-electron chi connectivity index (χ0n) is 19.4. The van der Waals surface area contributed by atoms with Crippen LogP contribution in [0.3, 0.4) is 0 Å². The van der Waals surface area contributed by atoms with E-state index in [-0.39, 0.29) is 16.7 Å². The molecule has 3 nitrogen and oxygen atoms in total. The molecule has 0 amide bonds. The summed E-state index contributed by atoms with van der Waals surface area (Å²) in [4.78, 5) is 12.4. The number of fused-ring (bicyclic) bond motifs is 5. The molecule has 3 saturated carbocycles. The van der Waals surface area contributed by atoms with Crippen LogP contribution in [0.5, 0.6) is 0 Å². The molecule has 4 aliphatic rings. The van der Waals surface area contributed by atoms with Gasteiger partial charge in [-0.3, -0.25) is 4.79 Å². The Morgan fingerprint density at radius 3 is 2.50 bits per heavy atom. The van der Waals surface area contributed by atoms with Crippen LogP contribution in [-0.4, -0.2) is 42.4 Å². The molecule has 0 N–H and O–H groups in total. The number of ketones is 1. The lowest BCUT2D eigenvalue weighted by atomic mass is 9.48. The second-order valence-corrected chi connectivity index (χ2v) is 12.3. The van der Waals surface area contributed by atoms with Crippen molar-refractivity contribution >= 4 is 29.3 Å². The van der Waals surface area contributed by atoms with Gasteiger partial charge in [-0.15, -0.1) is 23.5 Å². The Hall–Kier alpha value is 0.0300. The molecule has 0 aliphatic heterocycles. The zero-order valence-corrected chi connectivity index (χ0v) is 21.1. The Kier molecular flexibility index (Phi) is 7.05. The quantitative estimate of drug-likeness (QED) is 0.341. The van der Waals surface area contributed by atoms with Crippen molar-refractivity contribution < 1.29 is 14.3 Å². The fourth-order valence-electron chi connectivity index (χ4n) is 7.83. The lowest BCUT2D eigenvalue weighted by molar-refractivity contribution is -0.126. The third-order valence-corrected chi connectivity index (χ3v) is 10.0. The molecular weight excluding hydrogens is 412 g/mol. The normalized spacial score (nSPS) is 45.3. The molecule has 0 aromatic rings. The number of hydrogen-bond acceptors (Lipinski definition) is 5. The molecule has 0 aromatic heterocycles. The molecule has 4 rings (SSSR count). The summed E-state index contributed by atoms with van der Waals surface area (Å²) < 4.78 is 12.7. The molecule has 0 bridgehead atoms. The second kappa shape index (κ2) is 9.11. The minimum atomic E-state index is 0.145. The van der Waals surface area contributed by atoms with Gasteiger partial charge in [0.1, 0.15) is 5.78 Å². The summed E-state index contributed by atoms with van der Waals surface area (Å²) >= 11 is 3.56. The van der Waals surface area contributed by atoms with Crippen molar-refractivity contribution in [3.8, 4) is 0 Å². The molecule has 3 unspecified atom stereocenters. The maximum atomic E-state index is 12.4. The monoisotopic (exact) mass is 452 g/mol. The molecule has 0 radical (unpaired) electrons. The Bertz CT molecular complexity index is 679. The van der Waals surface area contributed by atoms with E-state index in [1.807, 2.05) is 6.92 Å². The summed E-state index contributed by atoms with van der Waals surface area (Å²) in [6, 6.07) is 0. The van der Waals surface area contributed by atoms with Crippen molar-refractivity contribution in [3.05, 3.63) is 11.6 Å². The van der Waals surface area contributed by atoms with E-state index in [4.69, 9.17) is 9.47 Å². The smallest absolute Gasteiger partial charge is 0.133 e. The lowest BCUT2D eigenvalue weighted by Crippen LogP contribution is -2.54. The molecule has 0 saturated heterocycles. The topological polar surface area (TPSA) is 35.5 Å².